The number of halogens is 2. The highest BCUT2D eigenvalue weighted by atomic mass is 35.5. The van der Waals surface area contributed by atoms with Gasteiger partial charge in [-0.1, -0.05) is 30.1 Å². The molecular formula is C11H13Cl2N5O2S. The Kier molecular flexibility index (Phi) is 4.70. The Labute approximate surface area is 132 Å². The van der Waals surface area contributed by atoms with Crippen molar-refractivity contribution in [2.75, 3.05) is 4.72 Å². The van der Waals surface area contributed by atoms with E-state index in [4.69, 9.17) is 23.2 Å². The minimum absolute atomic E-state index is 0.0305. The van der Waals surface area contributed by atoms with Gasteiger partial charge in [-0.15, -0.1) is 0 Å². The summed E-state index contributed by atoms with van der Waals surface area (Å²) in [4.78, 5) is 11.5. The number of hydrogen-bond donors (Lipinski definition) is 1. The molecular weight excluding hydrogens is 337 g/mol. The fraction of sp³-hybridized carbons (Fsp3) is 0.364. The second-order valence-electron chi connectivity index (χ2n) is 4.25. The van der Waals surface area contributed by atoms with Gasteiger partial charge in [0.1, 0.15) is 17.2 Å². The Morgan fingerprint density at radius 2 is 2.05 bits per heavy atom. The molecule has 114 valence electrons. The normalized spacial score (nSPS) is 11.6. The lowest BCUT2D eigenvalue weighted by atomic mass is 10.5. The van der Waals surface area contributed by atoms with Crippen molar-refractivity contribution in [1.29, 1.82) is 0 Å². The maximum atomic E-state index is 12.3. The van der Waals surface area contributed by atoms with Crippen molar-refractivity contribution < 1.29 is 8.42 Å². The van der Waals surface area contributed by atoms with Crippen molar-refractivity contribution in [3.63, 3.8) is 0 Å². The summed E-state index contributed by atoms with van der Waals surface area (Å²) < 4.78 is 28.6. The number of nitrogens with one attached hydrogen (secondary N) is 1. The first-order chi connectivity index (χ1) is 9.85. The average molecular weight is 350 g/mol. The first kappa shape index (κ1) is 16.0. The van der Waals surface area contributed by atoms with Crippen LogP contribution in [0.5, 0.6) is 0 Å². The summed E-state index contributed by atoms with van der Waals surface area (Å²) in [6.07, 6.45) is 3.46. The molecule has 0 bridgehead atoms. The van der Waals surface area contributed by atoms with E-state index in [-0.39, 0.29) is 21.0 Å². The van der Waals surface area contributed by atoms with Crippen molar-refractivity contribution in [2.24, 2.45) is 0 Å². The van der Waals surface area contributed by atoms with Crippen LogP contribution in [0.25, 0.3) is 0 Å². The van der Waals surface area contributed by atoms with Crippen LogP contribution in [0, 0.1) is 6.92 Å². The van der Waals surface area contributed by atoms with Gasteiger partial charge in [0.25, 0.3) is 10.0 Å². The first-order valence-corrected chi connectivity index (χ1v) is 8.31. The second kappa shape index (κ2) is 6.17. The number of nitrogens with zero attached hydrogens (tertiary/aromatic N) is 4. The Bertz CT molecular complexity index is 760. The zero-order chi connectivity index (χ0) is 15.6. The molecule has 0 aliphatic rings. The number of imidazole rings is 1. The average Bonchev–Trinajstić information content (AvgIpc) is 2.78. The van der Waals surface area contributed by atoms with E-state index in [1.54, 1.807) is 11.5 Å². The number of anilines is 1. The molecule has 0 unspecified atom stereocenters. The number of sulfonamides is 1. The predicted octanol–water partition coefficient (Wildman–Crippen LogP) is 2.50. The third-order valence-corrected chi connectivity index (χ3v) is 4.62. The van der Waals surface area contributed by atoms with Crippen molar-refractivity contribution in [2.45, 2.75) is 31.8 Å². The summed E-state index contributed by atoms with van der Waals surface area (Å²) in [6.45, 7) is 4.42. The van der Waals surface area contributed by atoms with E-state index < -0.39 is 10.0 Å². The van der Waals surface area contributed by atoms with Crippen LogP contribution >= 0.6 is 23.2 Å². The lowest BCUT2D eigenvalue weighted by molar-refractivity contribution is 0.597. The second-order valence-corrected chi connectivity index (χ2v) is 6.62. The van der Waals surface area contributed by atoms with Crippen LogP contribution in [0.3, 0.4) is 0 Å². The molecule has 1 N–H and O–H groups in total. The number of aromatic nitrogens is 4. The van der Waals surface area contributed by atoms with Crippen LogP contribution in [0.4, 0.5) is 5.82 Å². The zero-order valence-electron chi connectivity index (χ0n) is 11.3. The van der Waals surface area contributed by atoms with E-state index in [2.05, 4.69) is 19.7 Å². The van der Waals surface area contributed by atoms with Crippen LogP contribution in [-0.4, -0.2) is 27.9 Å². The number of aryl methyl sites for hydroxylation is 2. The molecule has 10 heteroatoms. The van der Waals surface area contributed by atoms with Gasteiger partial charge in [0.2, 0.25) is 0 Å². The molecule has 0 aromatic carbocycles. The van der Waals surface area contributed by atoms with Crippen LogP contribution < -0.4 is 4.72 Å². The maximum Gasteiger partial charge on any atom is 0.282 e. The lowest BCUT2D eigenvalue weighted by Gasteiger charge is -2.06. The fourth-order valence-corrected chi connectivity index (χ4v) is 3.04. The summed E-state index contributed by atoms with van der Waals surface area (Å²) in [5, 5.41) is -0.191. The molecule has 0 fully saturated rings. The summed E-state index contributed by atoms with van der Waals surface area (Å²) in [5.41, 5.74) is 0. The third-order valence-electron chi connectivity index (χ3n) is 2.67. The quantitative estimate of drug-likeness (QED) is 0.837. The Morgan fingerprint density at radius 3 is 2.71 bits per heavy atom. The standard InChI is InChI=1S/C11H13Cl2N5O2S/c1-3-4-18-5-8(16-7(18)2)21(19,20)17-11-9(12)10(13)14-6-15-11/h5-6H,3-4H2,1-2H3,(H,14,15,17). The minimum Gasteiger partial charge on any atom is -0.334 e. The SMILES string of the molecule is CCCn1cc(S(=O)(=O)Nc2ncnc(Cl)c2Cl)nc1C. The van der Waals surface area contributed by atoms with Gasteiger partial charge in [0.05, 0.1) is 0 Å². The van der Waals surface area contributed by atoms with Gasteiger partial charge in [-0.25, -0.2) is 15.0 Å². The molecule has 21 heavy (non-hydrogen) atoms. The van der Waals surface area contributed by atoms with Gasteiger partial charge in [-0.2, -0.15) is 8.42 Å². The smallest absolute Gasteiger partial charge is 0.282 e. The molecule has 0 spiro atoms. The number of rotatable bonds is 5. The van der Waals surface area contributed by atoms with E-state index in [0.717, 1.165) is 12.7 Å². The summed E-state index contributed by atoms with van der Waals surface area (Å²) >= 11 is 11.6. The topological polar surface area (TPSA) is 89.8 Å². The predicted molar refractivity (Wildman–Crippen MR) is 80.1 cm³/mol. The molecule has 2 rings (SSSR count). The van der Waals surface area contributed by atoms with Gasteiger partial charge in [0, 0.05) is 12.7 Å². The third kappa shape index (κ3) is 3.45. The highest BCUT2D eigenvalue weighted by Gasteiger charge is 2.21. The van der Waals surface area contributed by atoms with Crippen LogP contribution in [-0.2, 0) is 16.6 Å². The molecule has 2 aromatic heterocycles. The molecule has 2 aromatic rings. The van der Waals surface area contributed by atoms with Gasteiger partial charge >= 0.3 is 0 Å². The van der Waals surface area contributed by atoms with E-state index in [0.29, 0.717) is 12.4 Å². The molecule has 0 saturated heterocycles. The largest absolute Gasteiger partial charge is 0.334 e. The molecule has 0 amide bonds. The van der Waals surface area contributed by atoms with Gasteiger partial charge in [-0.3, -0.25) is 4.72 Å². The molecule has 0 aliphatic carbocycles. The molecule has 0 atom stereocenters. The zero-order valence-corrected chi connectivity index (χ0v) is 13.7. The van der Waals surface area contributed by atoms with Crippen molar-refractivity contribution in [3.05, 3.63) is 28.5 Å². The van der Waals surface area contributed by atoms with Crippen LogP contribution in [0.2, 0.25) is 10.2 Å². The highest BCUT2D eigenvalue weighted by molar-refractivity contribution is 7.92. The first-order valence-electron chi connectivity index (χ1n) is 6.07. The number of hydrogen-bond acceptors (Lipinski definition) is 5. The highest BCUT2D eigenvalue weighted by Crippen LogP contribution is 2.27. The Hall–Kier alpha value is -1.38. The Balaban J connectivity index is 2.34. The minimum atomic E-state index is -3.89. The molecule has 0 saturated carbocycles. The molecule has 0 aliphatic heterocycles. The van der Waals surface area contributed by atoms with E-state index in [1.807, 2.05) is 6.92 Å². The Morgan fingerprint density at radius 1 is 1.33 bits per heavy atom. The van der Waals surface area contributed by atoms with Crippen LogP contribution in [0.1, 0.15) is 19.2 Å². The fourth-order valence-electron chi connectivity index (χ4n) is 1.68. The van der Waals surface area contributed by atoms with E-state index >= 15 is 0 Å². The van der Waals surface area contributed by atoms with Gasteiger partial charge in [0.15, 0.2) is 16.0 Å². The summed E-state index contributed by atoms with van der Waals surface area (Å²) in [6, 6.07) is 0. The van der Waals surface area contributed by atoms with Crippen molar-refractivity contribution in [1.82, 2.24) is 19.5 Å². The summed E-state index contributed by atoms with van der Waals surface area (Å²) in [7, 11) is -3.89. The van der Waals surface area contributed by atoms with E-state index in [1.165, 1.54) is 6.20 Å². The lowest BCUT2D eigenvalue weighted by Crippen LogP contribution is -2.15. The van der Waals surface area contributed by atoms with Crippen LogP contribution in [0.15, 0.2) is 17.6 Å². The molecule has 0 radical (unpaired) electrons. The van der Waals surface area contributed by atoms with Gasteiger partial charge < -0.3 is 4.57 Å². The van der Waals surface area contributed by atoms with E-state index in [9.17, 15) is 8.42 Å². The van der Waals surface area contributed by atoms with Crippen molar-refractivity contribution in [3.8, 4) is 0 Å². The molecule has 7 nitrogen and oxygen atoms in total. The van der Waals surface area contributed by atoms with Crippen molar-refractivity contribution >= 4 is 39.0 Å². The van der Waals surface area contributed by atoms with Gasteiger partial charge in [-0.05, 0) is 13.3 Å². The summed E-state index contributed by atoms with van der Waals surface area (Å²) in [5.74, 6) is 0.531. The maximum absolute atomic E-state index is 12.3. The monoisotopic (exact) mass is 349 g/mol. The molecule has 2 heterocycles.